The number of nitrogens with one attached hydrogen (secondary N) is 1. The Hall–Kier alpha value is -0.790. The predicted molar refractivity (Wildman–Crippen MR) is 112 cm³/mol. The van der Waals surface area contributed by atoms with Gasteiger partial charge in [-0.3, -0.25) is 0 Å². The van der Waals surface area contributed by atoms with Gasteiger partial charge >= 0.3 is 0 Å². The summed E-state index contributed by atoms with van der Waals surface area (Å²) < 4.78 is 0. The fraction of sp³-hybridized carbons (Fsp3) is 0.870. The fourth-order valence-electron chi connectivity index (χ4n) is 3.83. The van der Waals surface area contributed by atoms with Crippen LogP contribution in [0.25, 0.3) is 0 Å². The first-order chi connectivity index (χ1) is 11.7. The molecule has 2 nitrogen and oxygen atoms in total. The molecule has 25 heavy (non-hydrogen) atoms. The van der Waals surface area contributed by atoms with Crippen molar-refractivity contribution in [3.05, 3.63) is 17.2 Å². The first kappa shape index (κ1) is 22.3. The lowest BCUT2D eigenvalue weighted by Gasteiger charge is -2.26. The highest BCUT2D eigenvalue weighted by molar-refractivity contribution is 5.28. The average Bonchev–Trinajstić information content (AvgIpc) is 3.00. The van der Waals surface area contributed by atoms with Crippen LogP contribution in [0.15, 0.2) is 0 Å². The molecular weight excluding hydrogens is 304 g/mol. The maximum absolute atomic E-state index is 5.23. The lowest BCUT2D eigenvalue weighted by molar-refractivity contribution is 0.420. The van der Waals surface area contributed by atoms with Crippen molar-refractivity contribution in [2.45, 2.75) is 130 Å². The van der Waals surface area contributed by atoms with E-state index in [1.54, 1.807) is 0 Å². The molecule has 146 valence electrons. The topological polar surface area (TPSA) is 28.7 Å². The van der Waals surface area contributed by atoms with Crippen LogP contribution in [0.1, 0.15) is 136 Å². The van der Waals surface area contributed by atoms with Gasteiger partial charge in [-0.1, -0.05) is 93.9 Å². The van der Waals surface area contributed by atoms with Crippen molar-refractivity contribution >= 4 is 0 Å². The highest BCUT2D eigenvalue weighted by Gasteiger charge is 2.32. The Morgan fingerprint density at radius 1 is 0.840 bits per heavy atom. The molecule has 1 aromatic heterocycles. The van der Waals surface area contributed by atoms with E-state index in [0.29, 0.717) is 5.92 Å². The molecule has 0 aliphatic rings. The molecule has 0 amide bonds. The molecule has 1 aromatic rings. The summed E-state index contributed by atoms with van der Waals surface area (Å²) in [7, 11) is 0. The van der Waals surface area contributed by atoms with Crippen molar-refractivity contribution in [2.24, 2.45) is 0 Å². The largest absolute Gasteiger partial charge is 0.345 e. The number of aromatic amines is 1. The first-order valence-electron chi connectivity index (χ1n) is 10.8. The molecule has 0 saturated heterocycles. The first-order valence-corrected chi connectivity index (χ1v) is 10.8. The number of unbranched alkanes of at least 4 members (excludes halogenated alkanes) is 3. The summed E-state index contributed by atoms with van der Waals surface area (Å²) in [6, 6.07) is 0. The van der Waals surface area contributed by atoms with Gasteiger partial charge in [0.15, 0.2) is 0 Å². The molecule has 2 heteroatoms. The zero-order valence-corrected chi connectivity index (χ0v) is 18.4. The molecule has 0 radical (unpaired) electrons. The van der Waals surface area contributed by atoms with Gasteiger partial charge in [0, 0.05) is 16.5 Å². The number of nitrogens with zero attached hydrogens (tertiary/aromatic N) is 1. The van der Waals surface area contributed by atoms with E-state index in [1.165, 1.54) is 75.0 Å². The second-order valence-corrected chi connectivity index (χ2v) is 9.37. The molecule has 0 bridgehead atoms. The Bertz CT molecular complexity index is 496. The molecule has 0 aliphatic heterocycles. The summed E-state index contributed by atoms with van der Waals surface area (Å²) in [5.74, 6) is 1.77. The van der Waals surface area contributed by atoms with Gasteiger partial charge in [0.25, 0.3) is 0 Å². The van der Waals surface area contributed by atoms with Crippen LogP contribution in [0.3, 0.4) is 0 Å². The molecule has 1 heterocycles. The van der Waals surface area contributed by atoms with E-state index in [2.05, 4.69) is 60.4 Å². The van der Waals surface area contributed by atoms with Gasteiger partial charge in [0.05, 0.1) is 5.69 Å². The Kier molecular flexibility index (Phi) is 8.71. The molecule has 1 rings (SSSR count). The Balaban J connectivity index is 3.19. The van der Waals surface area contributed by atoms with Crippen LogP contribution in [0.2, 0.25) is 0 Å². The average molecular weight is 349 g/mol. The van der Waals surface area contributed by atoms with E-state index < -0.39 is 0 Å². The smallest absolute Gasteiger partial charge is 0.112 e. The second-order valence-electron chi connectivity index (χ2n) is 9.37. The zero-order chi connectivity index (χ0) is 19.1. The maximum Gasteiger partial charge on any atom is 0.112 e. The molecule has 0 saturated carbocycles. The lowest BCUT2D eigenvalue weighted by Crippen LogP contribution is -2.22. The summed E-state index contributed by atoms with van der Waals surface area (Å²) in [6.45, 7) is 18.7. The van der Waals surface area contributed by atoms with Crippen LogP contribution in [0, 0.1) is 0 Å². The molecule has 0 spiro atoms. The zero-order valence-electron chi connectivity index (χ0n) is 18.4. The van der Waals surface area contributed by atoms with Crippen LogP contribution >= 0.6 is 0 Å². The third kappa shape index (κ3) is 6.15. The Morgan fingerprint density at radius 2 is 1.44 bits per heavy atom. The minimum absolute atomic E-state index is 0.133. The number of hydrogen-bond acceptors (Lipinski definition) is 1. The monoisotopic (exact) mass is 348 g/mol. The highest BCUT2D eigenvalue weighted by atomic mass is 15.0. The van der Waals surface area contributed by atoms with Gasteiger partial charge in [-0.15, -0.1) is 0 Å². The van der Waals surface area contributed by atoms with E-state index in [-0.39, 0.29) is 10.8 Å². The van der Waals surface area contributed by atoms with Gasteiger partial charge < -0.3 is 4.98 Å². The number of H-pyrrole nitrogens is 1. The maximum atomic E-state index is 5.23. The lowest BCUT2D eigenvalue weighted by atomic mass is 9.80. The van der Waals surface area contributed by atoms with Crippen molar-refractivity contribution in [1.82, 2.24) is 9.97 Å². The number of imidazole rings is 1. The van der Waals surface area contributed by atoms with Crippen molar-refractivity contribution in [3.63, 3.8) is 0 Å². The van der Waals surface area contributed by atoms with Gasteiger partial charge in [0.1, 0.15) is 5.82 Å². The fourth-order valence-corrected chi connectivity index (χ4v) is 3.83. The standard InChI is InChI=1S/C23H44N2/c1-9-12-14-17-22(5,6)20-19(18(4)15-11-3)24-21(25-20)23(7,8)16-13-10-2/h18H,9-17H2,1-8H3,(H,24,25). The summed E-state index contributed by atoms with van der Waals surface area (Å²) in [5, 5.41) is 0. The quantitative estimate of drug-likeness (QED) is 0.386. The van der Waals surface area contributed by atoms with Crippen LogP contribution in [0.4, 0.5) is 0 Å². The van der Waals surface area contributed by atoms with E-state index in [9.17, 15) is 0 Å². The number of hydrogen-bond donors (Lipinski definition) is 1. The number of aromatic nitrogens is 2. The van der Waals surface area contributed by atoms with E-state index in [0.717, 1.165) is 0 Å². The van der Waals surface area contributed by atoms with E-state index in [1.807, 2.05) is 0 Å². The second kappa shape index (κ2) is 9.78. The van der Waals surface area contributed by atoms with Gasteiger partial charge in [-0.2, -0.15) is 0 Å². The third-order valence-corrected chi connectivity index (χ3v) is 5.79. The van der Waals surface area contributed by atoms with E-state index in [4.69, 9.17) is 4.98 Å². The SMILES string of the molecule is CCCCCC(C)(C)c1nc(C(C)(C)CCCC)[nH]c1C(C)CCC. The van der Waals surface area contributed by atoms with Crippen molar-refractivity contribution in [3.8, 4) is 0 Å². The number of rotatable bonds is 12. The highest BCUT2D eigenvalue weighted by Crippen LogP contribution is 2.37. The van der Waals surface area contributed by atoms with Crippen molar-refractivity contribution < 1.29 is 0 Å². The summed E-state index contributed by atoms with van der Waals surface area (Å²) in [6.07, 6.45) is 11.3. The van der Waals surface area contributed by atoms with Crippen LogP contribution in [0.5, 0.6) is 0 Å². The van der Waals surface area contributed by atoms with Gasteiger partial charge in [0.2, 0.25) is 0 Å². The van der Waals surface area contributed by atoms with Crippen LogP contribution in [-0.2, 0) is 10.8 Å². The molecular formula is C23H44N2. The summed E-state index contributed by atoms with van der Waals surface area (Å²) >= 11 is 0. The third-order valence-electron chi connectivity index (χ3n) is 5.79. The van der Waals surface area contributed by atoms with Gasteiger partial charge in [-0.05, 0) is 25.2 Å². The summed E-state index contributed by atoms with van der Waals surface area (Å²) in [5.41, 5.74) is 3.03. The van der Waals surface area contributed by atoms with Gasteiger partial charge in [-0.25, -0.2) is 4.98 Å². The molecule has 1 atom stereocenters. The molecule has 0 aliphatic carbocycles. The predicted octanol–water partition coefficient (Wildman–Crippen LogP) is 7.64. The Morgan fingerprint density at radius 3 is 2.00 bits per heavy atom. The van der Waals surface area contributed by atoms with Crippen molar-refractivity contribution in [2.75, 3.05) is 0 Å². The summed E-state index contributed by atoms with van der Waals surface area (Å²) in [4.78, 5) is 9.03. The molecule has 0 fully saturated rings. The Labute approximate surface area is 157 Å². The molecule has 1 unspecified atom stereocenters. The van der Waals surface area contributed by atoms with Crippen molar-refractivity contribution in [1.29, 1.82) is 0 Å². The minimum Gasteiger partial charge on any atom is -0.345 e. The van der Waals surface area contributed by atoms with Crippen LogP contribution < -0.4 is 0 Å². The minimum atomic E-state index is 0.133. The normalized spacial score (nSPS) is 14.1. The molecule has 0 aromatic carbocycles. The van der Waals surface area contributed by atoms with E-state index >= 15 is 0 Å². The van der Waals surface area contributed by atoms with Crippen LogP contribution in [-0.4, -0.2) is 9.97 Å². The molecule has 1 N–H and O–H groups in total.